The highest BCUT2D eigenvalue weighted by molar-refractivity contribution is 5.00. The summed E-state index contributed by atoms with van der Waals surface area (Å²) in [7, 11) is 2.05. The van der Waals surface area contributed by atoms with Crippen LogP contribution in [0.2, 0.25) is 0 Å². The summed E-state index contributed by atoms with van der Waals surface area (Å²) in [5, 5.41) is 7.83. The van der Waals surface area contributed by atoms with Crippen LogP contribution < -0.4 is 5.32 Å². The van der Waals surface area contributed by atoms with Crippen molar-refractivity contribution in [3.05, 3.63) is 18.0 Å². The lowest BCUT2D eigenvalue weighted by atomic mass is 9.84. The van der Waals surface area contributed by atoms with Gasteiger partial charge in [0.15, 0.2) is 0 Å². The summed E-state index contributed by atoms with van der Waals surface area (Å²) in [6.07, 6.45) is 11.6. The molecule has 0 radical (unpaired) electrons. The predicted octanol–water partition coefficient (Wildman–Crippen LogP) is 3.16. The van der Waals surface area contributed by atoms with Crippen molar-refractivity contribution in [1.82, 2.24) is 15.1 Å². The minimum Gasteiger partial charge on any atom is -0.317 e. The van der Waals surface area contributed by atoms with Crippen LogP contribution in [0, 0.1) is 11.8 Å². The van der Waals surface area contributed by atoms with Crippen molar-refractivity contribution in [2.24, 2.45) is 18.9 Å². The molecular weight excluding hydrogens is 234 g/mol. The minimum absolute atomic E-state index is 0.885. The number of hydrogen-bond acceptors (Lipinski definition) is 2. The Morgan fingerprint density at radius 2 is 2.05 bits per heavy atom. The number of rotatable bonds is 6. The monoisotopic (exact) mass is 263 g/mol. The van der Waals surface area contributed by atoms with Gasteiger partial charge in [-0.15, -0.1) is 0 Å². The van der Waals surface area contributed by atoms with E-state index in [9.17, 15) is 0 Å². The predicted molar refractivity (Wildman–Crippen MR) is 80.1 cm³/mol. The molecule has 0 aliphatic heterocycles. The highest BCUT2D eigenvalue weighted by atomic mass is 15.2. The van der Waals surface area contributed by atoms with Crippen molar-refractivity contribution in [3.63, 3.8) is 0 Å². The molecule has 0 aromatic carbocycles. The third-order valence-electron chi connectivity index (χ3n) is 4.67. The summed E-state index contributed by atoms with van der Waals surface area (Å²) < 4.78 is 2.02. The molecule has 0 bridgehead atoms. The molecule has 2 unspecified atom stereocenters. The molecular formula is C16H29N3. The van der Waals surface area contributed by atoms with Crippen LogP contribution in [-0.2, 0) is 13.5 Å². The van der Waals surface area contributed by atoms with Crippen LogP contribution in [0.1, 0.15) is 51.1 Å². The van der Waals surface area contributed by atoms with Crippen LogP contribution in [0.25, 0.3) is 0 Å². The molecule has 1 aliphatic rings. The summed E-state index contributed by atoms with van der Waals surface area (Å²) in [5.74, 6) is 1.78. The van der Waals surface area contributed by atoms with E-state index in [1.54, 1.807) is 0 Å². The Kier molecular flexibility index (Phi) is 5.90. The molecule has 2 atom stereocenters. The van der Waals surface area contributed by atoms with Crippen LogP contribution >= 0.6 is 0 Å². The Morgan fingerprint density at radius 3 is 2.74 bits per heavy atom. The van der Waals surface area contributed by atoms with Gasteiger partial charge in [0, 0.05) is 18.9 Å². The minimum atomic E-state index is 0.885. The second kappa shape index (κ2) is 7.68. The molecule has 0 amide bonds. The van der Waals surface area contributed by atoms with Gasteiger partial charge in [-0.05, 0) is 50.3 Å². The fourth-order valence-electron chi connectivity index (χ4n) is 3.42. The Hall–Kier alpha value is -0.830. The molecule has 3 nitrogen and oxygen atoms in total. The molecule has 108 valence electrons. The van der Waals surface area contributed by atoms with Gasteiger partial charge < -0.3 is 5.32 Å². The van der Waals surface area contributed by atoms with Gasteiger partial charge in [0.25, 0.3) is 0 Å². The standard InChI is InChI=1S/C16H29N3/c1-3-17-13-15-8-6-4-5-7-14(15)9-10-16-11-12-18-19(16)2/h11-12,14-15,17H,3-10,13H2,1-2H3. The maximum absolute atomic E-state index is 4.27. The van der Waals surface area contributed by atoms with Crippen molar-refractivity contribution >= 4 is 0 Å². The van der Waals surface area contributed by atoms with E-state index < -0.39 is 0 Å². The van der Waals surface area contributed by atoms with Crippen LogP contribution in [0.3, 0.4) is 0 Å². The maximum atomic E-state index is 4.27. The van der Waals surface area contributed by atoms with Crippen molar-refractivity contribution in [2.45, 2.75) is 51.9 Å². The Bertz CT molecular complexity index is 359. The van der Waals surface area contributed by atoms with Crippen LogP contribution in [0.15, 0.2) is 12.3 Å². The van der Waals surface area contributed by atoms with Crippen molar-refractivity contribution in [1.29, 1.82) is 0 Å². The number of nitrogens with one attached hydrogen (secondary N) is 1. The summed E-state index contributed by atoms with van der Waals surface area (Å²) in [6, 6.07) is 2.16. The number of nitrogens with zero attached hydrogens (tertiary/aromatic N) is 2. The van der Waals surface area contributed by atoms with Gasteiger partial charge in [0.2, 0.25) is 0 Å². The molecule has 1 heterocycles. The van der Waals surface area contributed by atoms with Crippen molar-refractivity contribution in [3.8, 4) is 0 Å². The van der Waals surface area contributed by atoms with E-state index in [2.05, 4.69) is 30.5 Å². The summed E-state index contributed by atoms with van der Waals surface area (Å²) in [4.78, 5) is 0. The maximum Gasteiger partial charge on any atom is 0.0492 e. The fourth-order valence-corrected chi connectivity index (χ4v) is 3.42. The van der Waals surface area contributed by atoms with E-state index in [0.29, 0.717) is 0 Å². The molecule has 2 rings (SSSR count). The second-order valence-corrected chi connectivity index (χ2v) is 5.95. The molecule has 0 saturated heterocycles. The normalized spacial score (nSPS) is 24.3. The van der Waals surface area contributed by atoms with Crippen LogP contribution in [-0.4, -0.2) is 22.9 Å². The first-order valence-corrected chi connectivity index (χ1v) is 7.99. The van der Waals surface area contributed by atoms with Gasteiger partial charge >= 0.3 is 0 Å². The summed E-state index contributed by atoms with van der Waals surface area (Å²) in [6.45, 7) is 4.53. The van der Waals surface area contributed by atoms with Gasteiger partial charge in [-0.1, -0.05) is 32.6 Å². The quantitative estimate of drug-likeness (QED) is 0.799. The molecule has 1 aromatic rings. The topological polar surface area (TPSA) is 29.9 Å². The van der Waals surface area contributed by atoms with Gasteiger partial charge in [0.05, 0.1) is 0 Å². The molecule has 0 spiro atoms. The first kappa shape index (κ1) is 14.6. The van der Waals surface area contributed by atoms with E-state index in [4.69, 9.17) is 0 Å². The van der Waals surface area contributed by atoms with E-state index in [0.717, 1.165) is 18.4 Å². The fraction of sp³-hybridized carbons (Fsp3) is 0.812. The van der Waals surface area contributed by atoms with E-state index >= 15 is 0 Å². The average molecular weight is 263 g/mol. The van der Waals surface area contributed by atoms with E-state index in [-0.39, 0.29) is 0 Å². The molecule has 19 heavy (non-hydrogen) atoms. The lowest BCUT2D eigenvalue weighted by Crippen LogP contribution is -2.28. The molecule has 1 aromatic heterocycles. The summed E-state index contributed by atoms with van der Waals surface area (Å²) >= 11 is 0. The SMILES string of the molecule is CCNCC1CCCCCC1CCc1ccnn1C. The molecule has 3 heteroatoms. The molecule has 1 fully saturated rings. The van der Waals surface area contributed by atoms with Gasteiger partial charge in [-0.3, -0.25) is 4.68 Å². The molecule has 1 saturated carbocycles. The van der Waals surface area contributed by atoms with Crippen LogP contribution in [0.5, 0.6) is 0 Å². The smallest absolute Gasteiger partial charge is 0.0492 e. The lowest BCUT2D eigenvalue weighted by molar-refractivity contribution is 0.283. The largest absolute Gasteiger partial charge is 0.317 e. The Balaban J connectivity index is 1.88. The van der Waals surface area contributed by atoms with Crippen LogP contribution in [0.4, 0.5) is 0 Å². The zero-order valence-corrected chi connectivity index (χ0v) is 12.6. The Morgan fingerprint density at radius 1 is 1.26 bits per heavy atom. The van der Waals surface area contributed by atoms with Crippen molar-refractivity contribution < 1.29 is 0 Å². The van der Waals surface area contributed by atoms with E-state index in [1.807, 2.05) is 10.9 Å². The Labute approximate surface area is 117 Å². The summed E-state index contributed by atoms with van der Waals surface area (Å²) in [5.41, 5.74) is 1.38. The van der Waals surface area contributed by atoms with Crippen molar-refractivity contribution in [2.75, 3.05) is 13.1 Å². The highest BCUT2D eigenvalue weighted by Gasteiger charge is 2.23. The zero-order valence-electron chi connectivity index (χ0n) is 12.6. The number of hydrogen-bond donors (Lipinski definition) is 1. The van der Waals surface area contributed by atoms with Gasteiger partial charge in [-0.25, -0.2) is 0 Å². The zero-order chi connectivity index (χ0) is 13.5. The average Bonchev–Trinajstić information content (AvgIpc) is 2.70. The van der Waals surface area contributed by atoms with Gasteiger partial charge in [0.1, 0.15) is 0 Å². The third-order valence-corrected chi connectivity index (χ3v) is 4.67. The number of aryl methyl sites for hydroxylation is 2. The first-order chi connectivity index (χ1) is 9.31. The molecule has 1 N–H and O–H groups in total. The van der Waals surface area contributed by atoms with Gasteiger partial charge in [-0.2, -0.15) is 5.10 Å². The second-order valence-electron chi connectivity index (χ2n) is 5.95. The lowest BCUT2D eigenvalue weighted by Gasteiger charge is -2.25. The first-order valence-electron chi connectivity index (χ1n) is 7.99. The van der Waals surface area contributed by atoms with E-state index in [1.165, 1.54) is 57.2 Å². The molecule has 1 aliphatic carbocycles. The highest BCUT2D eigenvalue weighted by Crippen LogP contribution is 2.31. The third kappa shape index (κ3) is 4.34. The number of aromatic nitrogens is 2.